The third-order valence-electron chi connectivity index (χ3n) is 4.07. The summed E-state index contributed by atoms with van der Waals surface area (Å²) in [5, 5.41) is 21.2. The standard InChI is InChI=1S/C19H16N4O4S/c1-28-19-21-18-16(22-23-19)11-6-2-4-8-13(11)20-17(27-18)12-7-3-5-9-14(12)26-10-15(24)25/h2-9,17,20H,10H2,1H3,(H,24,25)/t17-/m0/s1. The molecule has 1 aliphatic rings. The van der Waals surface area contributed by atoms with Crippen LogP contribution in [0.25, 0.3) is 11.3 Å². The number of benzene rings is 2. The maximum absolute atomic E-state index is 10.9. The molecule has 0 bridgehead atoms. The number of carboxylic acid groups (broad SMARTS) is 1. The van der Waals surface area contributed by atoms with E-state index in [0.29, 0.717) is 28.0 Å². The van der Waals surface area contributed by atoms with Crippen molar-refractivity contribution in [1.82, 2.24) is 15.2 Å². The van der Waals surface area contributed by atoms with Crippen LogP contribution in [0.3, 0.4) is 0 Å². The second-order valence-corrected chi connectivity index (χ2v) is 6.63. The number of aromatic nitrogens is 3. The molecule has 0 saturated heterocycles. The van der Waals surface area contributed by atoms with Gasteiger partial charge in [-0.3, -0.25) is 0 Å². The van der Waals surface area contributed by atoms with Crippen LogP contribution in [0.4, 0.5) is 5.69 Å². The molecule has 2 heterocycles. The van der Waals surface area contributed by atoms with Gasteiger partial charge < -0.3 is 19.9 Å². The van der Waals surface area contributed by atoms with Crippen molar-refractivity contribution in [3.63, 3.8) is 0 Å². The molecule has 1 aliphatic heterocycles. The Morgan fingerprint density at radius 2 is 2.00 bits per heavy atom. The quantitative estimate of drug-likeness (QED) is 0.629. The molecule has 0 saturated carbocycles. The monoisotopic (exact) mass is 396 g/mol. The first kappa shape index (κ1) is 18.1. The number of para-hydroxylation sites is 2. The molecule has 142 valence electrons. The Hall–Kier alpha value is -3.33. The summed E-state index contributed by atoms with van der Waals surface area (Å²) in [6.45, 7) is -0.447. The molecule has 0 spiro atoms. The third-order valence-corrected chi connectivity index (χ3v) is 4.61. The maximum Gasteiger partial charge on any atom is 0.341 e. The second-order valence-electron chi connectivity index (χ2n) is 5.86. The lowest BCUT2D eigenvalue weighted by molar-refractivity contribution is -0.139. The minimum Gasteiger partial charge on any atom is -0.481 e. The molecular formula is C19H16N4O4S. The molecule has 8 nitrogen and oxygen atoms in total. The van der Waals surface area contributed by atoms with Crippen LogP contribution in [0.1, 0.15) is 11.8 Å². The van der Waals surface area contributed by atoms with Gasteiger partial charge in [0.05, 0.1) is 5.56 Å². The van der Waals surface area contributed by atoms with Crippen molar-refractivity contribution in [2.45, 2.75) is 11.4 Å². The second kappa shape index (κ2) is 7.73. The third kappa shape index (κ3) is 3.56. The number of nitrogens with zero attached hydrogens (tertiary/aromatic N) is 3. The first-order valence-corrected chi connectivity index (χ1v) is 9.63. The SMILES string of the molecule is CSc1nnc2c(n1)O[C@@H](c1ccccc1OCC(=O)O)Nc1ccccc1-2. The molecule has 2 aromatic carbocycles. The van der Waals surface area contributed by atoms with Gasteiger partial charge in [-0.25, -0.2) is 4.79 Å². The van der Waals surface area contributed by atoms with Gasteiger partial charge in [-0.15, -0.1) is 10.2 Å². The highest BCUT2D eigenvalue weighted by Gasteiger charge is 2.27. The molecule has 1 atom stereocenters. The highest BCUT2D eigenvalue weighted by atomic mass is 32.2. The van der Waals surface area contributed by atoms with Crippen molar-refractivity contribution in [1.29, 1.82) is 0 Å². The molecule has 9 heteroatoms. The molecule has 1 aromatic heterocycles. The molecule has 3 aromatic rings. The fourth-order valence-corrected chi connectivity index (χ4v) is 3.14. The van der Waals surface area contributed by atoms with Gasteiger partial charge >= 0.3 is 5.97 Å². The van der Waals surface area contributed by atoms with Gasteiger partial charge in [-0.05, 0) is 24.5 Å². The van der Waals surface area contributed by atoms with Crippen LogP contribution in [0, 0.1) is 0 Å². The van der Waals surface area contributed by atoms with Gasteiger partial charge in [-0.1, -0.05) is 42.1 Å². The number of carboxylic acids is 1. The van der Waals surface area contributed by atoms with Gasteiger partial charge in [0.15, 0.2) is 12.3 Å². The molecule has 0 unspecified atom stereocenters. The number of aliphatic carboxylic acids is 1. The number of thioether (sulfide) groups is 1. The Balaban J connectivity index is 1.79. The number of fused-ring (bicyclic) bond motifs is 3. The average molecular weight is 396 g/mol. The lowest BCUT2D eigenvalue weighted by atomic mass is 10.1. The van der Waals surface area contributed by atoms with Crippen molar-refractivity contribution in [2.75, 3.05) is 18.2 Å². The van der Waals surface area contributed by atoms with Crippen LogP contribution in [0.15, 0.2) is 53.7 Å². The van der Waals surface area contributed by atoms with E-state index in [-0.39, 0.29) is 0 Å². The summed E-state index contributed by atoms with van der Waals surface area (Å²) in [5.41, 5.74) is 2.80. The van der Waals surface area contributed by atoms with E-state index in [1.165, 1.54) is 11.8 Å². The van der Waals surface area contributed by atoms with E-state index < -0.39 is 18.8 Å². The zero-order chi connectivity index (χ0) is 19.5. The molecule has 0 amide bonds. The maximum atomic E-state index is 10.9. The number of anilines is 1. The molecule has 0 fully saturated rings. The van der Waals surface area contributed by atoms with Crippen LogP contribution < -0.4 is 14.8 Å². The van der Waals surface area contributed by atoms with Crippen molar-refractivity contribution in [3.05, 3.63) is 54.1 Å². The normalized spacial score (nSPS) is 14.7. The van der Waals surface area contributed by atoms with E-state index in [1.54, 1.807) is 12.1 Å². The van der Waals surface area contributed by atoms with Gasteiger partial charge in [0, 0.05) is 11.3 Å². The van der Waals surface area contributed by atoms with Crippen molar-refractivity contribution in [3.8, 4) is 22.9 Å². The summed E-state index contributed by atoms with van der Waals surface area (Å²) in [6.07, 6.45) is 1.21. The fourth-order valence-electron chi connectivity index (χ4n) is 2.84. The van der Waals surface area contributed by atoms with E-state index >= 15 is 0 Å². The first-order valence-electron chi connectivity index (χ1n) is 8.40. The average Bonchev–Trinajstić information content (AvgIpc) is 2.88. The van der Waals surface area contributed by atoms with E-state index in [2.05, 4.69) is 20.5 Å². The Morgan fingerprint density at radius 3 is 2.82 bits per heavy atom. The molecule has 0 radical (unpaired) electrons. The minimum atomic E-state index is -1.05. The summed E-state index contributed by atoms with van der Waals surface area (Å²) >= 11 is 1.37. The highest BCUT2D eigenvalue weighted by molar-refractivity contribution is 7.98. The zero-order valence-electron chi connectivity index (χ0n) is 14.8. The van der Waals surface area contributed by atoms with E-state index in [1.807, 2.05) is 42.7 Å². The van der Waals surface area contributed by atoms with Crippen molar-refractivity contribution >= 4 is 23.4 Å². The summed E-state index contributed by atoms with van der Waals surface area (Å²) < 4.78 is 11.6. The summed E-state index contributed by atoms with van der Waals surface area (Å²) in [4.78, 5) is 15.4. The lowest BCUT2D eigenvalue weighted by Gasteiger charge is -2.21. The number of rotatable bonds is 5. The molecule has 28 heavy (non-hydrogen) atoms. The van der Waals surface area contributed by atoms with E-state index in [0.717, 1.165) is 11.3 Å². The van der Waals surface area contributed by atoms with Gasteiger partial charge in [0.25, 0.3) is 0 Å². The summed E-state index contributed by atoms with van der Waals surface area (Å²) in [5.74, 6) is -0.299. The van der Waals surface area contributed by atoms with Gasteiger partial charge in [0.2, 0.25) is 17.3 Å². The Labute approximate surface area is 164 Å². The molecule has 2 N–H and O–H groups in total. The first-order chi connectivity index (χ1) is 13.7. The van der Waals surface area contributed by atoms with Crippen LogP contribution in [-0.2, 0) is 4.79 Å². The van der Waals surface area contributed by atoms with Gasteiger partial charge in [0.1, 0.15) is 5.75 Å². The van der Waals surface area contributed by atoms with Gasteiger partial charge in [-0.2, -0.15) is 4.98 Å². The Kier molecular flexibility index (Phi) is 4.98. The lowest BCUT2D eigenvalue weighted by Crippen LogP contribution is -2.19. The minimum absolute atomic E-state index is 0.342. The topological polar surface area (TPSA) is 106 Å². The van der Waals surface area contributed by atoms with Crippen molar-refractivity contribution < 1.29 is 19.4 Å². The predicted molar refractivity (Wildman–Crippen MR) is 104 cm³/mol. The zero-order valence-corrected chi connectivity index (χ0v) is 15.6. The van der Waals surface area contributed by atoms with Crippen LogP contribution in [0.5, 0.6) is 11.6 Å². The number of ether oxygens (including phenoxy) is 2. The van der Waals surface area contributed by atoms with Crippen LogP contribution >= 0.6 is 11.8 Å². The predicted octanol–water partition coefficient (Wildman–Crippen LogP) is 3.23. The fraction of sp³-hybridized carbons (Fsp3) is 0.158. The van der Waals surface area contributed by atoms with Crippen LogP contribution in [-0.4, -0.2) is 39.1 Å². The van der Waals surface area contributed by atoms with Crippen molar-refractivity contribution in [2.24, 2.45) is 0 Å². The molecular weight excluding hydrogens is 380 g/mol. The van der Waals surface area contributed by atoms with E-state index in [9.17, 15) is 4.79 Å². The van der Waals surface area contributed by atoms with E-state index in [4.69, 9.17) is 14.6 Å². The summed E-state index contributed by atoms with van der Waals surface area (Å²) in [7, 11) is 0. The molecule has 0 aliphatic carbocycles. The number of hydrogen-bond donors (Lipinski definition) is 2. The Bertz CT molecular complexity index is 1030. The Morgan fingerprint density at radius 1 is 1.21 bits per heavy atom. The highest BCUT2D eigenvalue weighted by Crippen LogP contribution is 2.40. The number of carbonyl (C=O) groups is 1. The largest absolute Gasteiger partial charge is 0.481 e. The summed E-state index contributed by atoms with van der Waals surface area (Å²) in [6, 6.07) is 14.7. The van der Waals surface area contributed by atoms with Crippen LogP contribution in [0.2, 0.25) is 0 Å². The number of nitrogens with one attached hydrogen (secondary N) is 1. The molecule has 4 rings (SSSR count). The smallest absolute Gasteiger partial charge is 0.341 e. The number of hydrogen-bond acceptors (Lipinski definition) is 8.